The molecule has 0 radical (unpaired) electrons. The fourth-order valence-electron chi connectivity index (χ4n) is 3.03. The quantitative estimate of drug-likeness (QED) is 0.838. The third-order valence-corrected chi connectivity index (χ3v) is 5.04. The van der Waals surface area contributed by atoms with Crippen LogP contribution in [0.5, 0.6) is 11.5 Å². The van der Waals surface area contributed by atoms with Gasteiger partial charge >= 0.3 is 0 Å². The minimum absolute atomic E-state index is 0.0622. The van der Waals surface area contributed by atoms with Gasteiger partial charge in [0.1, 0.15) is 11.5 Å². The molecule has 0 aromatic heterocycles. The van der Waals surface area contributed by atoms with Crippen molar-refractivity contribution in [3.05, 3.63) is 35.0 Å². The number of ketones is 1. The summed E-state index contributed by atoms with van der Waals surface area (Å²) in [5.74, 6) is 1.37. The first-order valence-corrected chi connectivity index (χ1v) is 8.43. The number of allylic oxidation sites excluding steroid dienone is 1. The van der Waals surface area contributed by atoms with Crippen LogP contribution in [-0.4, -0.2) is 41.7 Å². The lowest BCUT2D eigenvalue weighted by atomic mass is 9.91. The molecule has 6 nitrogen and oxygen atoms in total. The van der Waals surface area contributed by atoms with Gasteiger partial charge in [0.25, 0.3) is 0 Å². The summed E-state index contributed by atoms with van der Waals surface area (Å²) in [7, 11) is 3.13. The van der Waals surface area contributed by atoms with Gasteiger partial charge in [-0.25, -0.2) is 4.99 Å². The number of carbonyl (C=O) groups is 2. The Balaban J connectivity index is 2.21. The molecule has 1 amide bonds. The number of hydrogen-bond acceptors (Lipinski definition) is 6. The van der Waals surface area contributed by atoms with E-state index in [4.69, 9.17) is 9.47 Å². The number of Topliss-reactive ketones (excluding diaryl/α,β-unsaturated/α-hetero) is 1. The third-order valence-electron chi connectivity index (χ3n) is 4.10. The number of ether oxygens (including phenoxy) is 2. The molecule has 3 rings (SSSR count). The van der Waals surface area contributed by atoms with Gasteiger partial charge in [-0.3, -0.25) is 14.5 Å². The van der Waals surface area contributed by atoms with Crippen LogP contribution in [0.3, 0.4) is 0 Å². The summed E-state index contributed by atoms with van der Waals surface area (Å²) >= 11 is 1.39. The molecule has 1 atom stereocenters. The average Bonchev–Trinajstić information content (AvgIpc) is 2.93. The topological polar surface area (TPSA) is 68.2 Å². The number of methoxy groups -OCH3 is 2. The van der Waals surface area contributed by atoms with Crippen molar-refractivity contribution in [1.82, 2.24) is 4.90 Å². The lowest BCUT2D eigenvalue weighted by Crippen LogP contribution is -2.39. The maximum atomic E-state index is 12.4. The highest BCUT2D eigenvalue weighted by atomic mass is 32.2. The predicted molar refractivity (Wildman–Crippen MR) is 92.4 cm³/mol. The molecule has 0 saturated carbocycles. The second kappa shape index (κ2) is 6.32. The van der Waals surface area contributed by atoms with Crippen LogP contribution in [0.15, 0.2) is 34.5 Å². The first kappa shape index (κ1) is 16.6. The Morgan fingerprint density at radius 2 is 2.08 bits per heavy atom. The Morgan fingerprint density at radius 1 is 1.33 bits per heavy atom. The zero-order valence-corrected chi connectivity index (χ0v) is 14.8. The van der Waals surface area contributed by atoms with E-state index in [2.05, 4.69) is 4.99 Å². The van der Waals surface area contributed by atoms with E-state index in [1.165, 1.54) is 18.7 Å². The number of nitrogens with zero attached hydrogens (tertiary/aromatic N) is 2. The monoisotopic (exact) mass is 346 g/mol. The number of benzene rings is 1. The van der Waals surface area contributed by atoms with Crippen LogP contribution in [0, 0.1) is 0 Å². The number of amides is 1. The van der Waals surface area contributed by atoms with Crippen LogP contribution in [0.1, 0.15) is 25.5 Å². The first-order valence-electron chi connectivity index (χ1n) is 7.45. The number of thioether (sulfide) groups is 1. The van der Waals surface area contributed by atoms with Crippen LogP contribution in [0.4, 0.5) is 0 Å². The lowest BCUT2D eigenvalue weighted by Gasteiger charge is -2.33. The average molecular weight is 346 g/mol. The predicted octanol–water partition coefficient (Wildman–Crippen LogP) is 2.55. The van der Waals surface area contributed by atoms with Crippen molar-refractivity contribution < 1.29 is 19.1 Å². The van der Waals surface area contributed by atoms with E-state index in [1.54, 1.807) is 38.2 Å². The number of amidine groups is 1. The van der Waals surface area contributed by atoms with Crippen molar-refractivity contribution in [2.24, 2.45) is 4.99 Å². The standard InChI is InChI=1S/C17H18N2O4S/c1-9-15(10(2)20)16(19-14(21)8-24-17(19)18-9)12-6-5-11(22-3)7-13(12)23-4/h5-7,16H,8H2,1-4H3/t16-/m1/s1. The molecular formula is C17H18N2O4S. The highest BCUT2D eigenvalue weighted by Gasteiger charge is 2.42. The van der Waals surface area contributed by atoms with E-state index in [0.717, 1.165) is 5.56 Å². The number of aliphatic imine (C=N–C) groups is 1. The van der Waals surface area contributed by atoms with Crippen molar-refractivity contribution in [3.63, 3.8) is 0 Å². The molecule has 0 spiro atoms. The van der Waals surface area contributed by atoms with E-state index in [0.29, 0.717) is 33.7 Å². The summed E-state index contributed by atoms with van der Waals surface area (Å²) in [4.78, 5) is 30.7. The zero-order chi connectivity index (χ0) is 17.4. The maximum absolute atomic E-state index is 12.4. The molecular weight excluding hydrogens is 328 g/mol. The van der Waals surface area contributed by atoms with Gasteiger partial charge in [-0.1, -0.05) is 11.8 Å². The summed E-state index contributed by atoms with van der Waals surface area (Å²) in [6.45, 7) is 3.30. The number of carbonyl (C=O) groups excluding carboxylic acids is 2. The van der Waals surface area contributed by atoms with Crippen molar-refractivity contribution >= 4 is 28.6 Å². The molecule has 2 heterocycles. The molecule has 1 aromatic rings. The summed E-state index contributed by atoms with van der Waals surface area (Å²) in [6.07, 6.45) is 0. The van der Waals surface area contributed by atoms with Gasteiger partial charge in [0.15, 0.2) is 11.0 Å². The molecule has 126 valence electrons. The molecule has 0 N–H and O–H groups in total. The number of fused-ring (bicyclic) bond motifs is 1. The van der Waals surface area contributed by atoms with E-state index in [9.17, 15) is 9.59 Å². The van der Waals surface area contributed by atoms with Gasteiger partial charge in [-0.15, -0.1) is 0 Å². The smallest absolute Gasteiger partial charge is 0.239 e. The fraction of sp³-hybridized carbons (Fsp3) is 0.353. The van der Waals surface area contributed by atoms with E-state index in [1.807, 2.05) is 6.07 Å². The molecule has 24 heavy (non-hydrogen) atoms. The summed E-state index contributed by atoms with van der Waals surface area (Å²) in [6, 6.07) is 4.85. The third kappa shape index (κ3) is 2.58. The van der Waals surface area contributed by atoms with Crippen LogP contribution >= 0.6 is 11.8 Å². The molecule has 1 aromatic carbocycles. The number of rotatable bonds is 4. The van der Waals surface area contributed by atoms with Crippen LogP contribution in [0.25, 0.3) is 0 Å². The minimum Gasteiger partial charge on any atom is -0.497 e. The molecule has 0 unspecified atom stereocenters. The van der Waals surface area contributed by atoms with Gasteiger partial charge < -0.3 is 9.47 Å². The highest BCUT2D eigenvalue weighted by Crippen LogP contribution is 2.44. The largest absolute Gasteiger partial charge is 0.497 e. The Labute approximate surface area is 144 Å². The van der Waals surface area contributed by atoms with Gasteiger partial charge in [0, 0.05) is 22.9 Å². The van der Waals surface area contributed by atoms with Crippen LogP contribution in [0.2, 0.25) is 0 Å². The van der Waals surface area contributed by atoms with E-state index >= 15 is 0 Å². The Kier molecular flexibility index (Phi) is 4.36. The summed E-state index contributed by atoms with van der Waals surface area (Å²) in [5.41, 5.74) is 1.89. The summed E-state index contributed by atoms with van der Waals surface area (Å²) < 4.78 is 10.7. The molecule has 7 heteroatoms. The van der Waals surface area contributed by atoms with E-state index in [-0.39, 0.29) is 11.7 Å². The Morgan fingerprint density at radius 3 is 2.71 bits per heavy atom. The minimum atomic E-state index is -0.529. The van der Waals surface area contributed by atoms with Crippen molar-refractivity contribution in [3.8, 4) is 11.5 Å². The molecule has 0 aliphatic carbocycles. The lowest BCUT2D eigenvalue weighted by molar-refractivity contribution is -0.125. The normalized spacial score (nSPS) is 20.0. The number of hydrogen-bond donors (Lipinski definition) is 0. The maximum Gasteiger partial charge on any atom is 0.239 e. The molecule has 1 fully saturated rings. The van der Waals surface area contributed by atoms with Crippen molar-refractivity contribution in [2.45, 2.75) is 19.9 Å². The SMILES string of the molecule is COc1ccc([C@@H]2C(C(C)=O)=C(C)N=C3SCC(=O)N32)c(OC)c1. The van der Waals surface area contributed by atoms with Crippen LogP contribution in [-0.2, 0) is 9.59 Å². The highest BCUT2D eigenvalue weighted by molar-refractivity contribution is 8.15. The van der Waals surface area contributed by atoms with Crippen LogP contribution < -0.4 is 9.47 Å². The van der Waals surface area contributed by atoms with E-state index < -0.39 is 6.04 Å². The van der Waals surface area contributed by atoms with Gasteiger partial charge in [0.05, 0.1) is 26.0 Å². The molecule has 1 saturated heterocycles. The Hall–Kier alpha value is -2.28. The van der Waals surface area contributed by atoms with Crippen molar-refractivity contribution in [2.75, 3.05) is 20.0 Å². The fourth-order valence-corrected chi connectivity index (χ4v) is 3.97. The second-order valence-electron chi connectivity index (χ2n) is 5.51. The Bertz CT molecular complexity index is 785. The molecule has 2 aliphatic heterocycles. The summed E-state index contributed by atoms with van der Waals surface area (Å²) in [5, 5.41) is 0.630. The van der Waals surface area contributed by atoms with Gasteiger partial charge in [-0.2, -0.15) is 0 Å². The van der Waals surface area contributed by atoms with Gasteiger partial charge in [0.2, 0.25) is 5.91 Å². The second-order valence-corrected chi connectivity index (χ2v) is 6.45. The molecule has 2 aliphatic rings. The van der Waals surface area contributed by atoms with Gasteiger partial charge in [-0.05, 0) is 26.0 Å². The van der Waals surface area contributed by atoms with Crippen molar-refractivity contribution in [1.29, 1.82) is 0 Å². The zero-order valence-electron chi connectivity index (χ0n) is 14.0. The molecule has 0 bridgehead atoms. The first-order chi connectivity index (χ1) is 11.5.